The molecule has 0 aliphatic carbocycles. The average Bonchev–Trinajstić information content (AvgIpc) is 2.58. The second kappa shape index (κ2) is 12.3. The summed E-state index contributed by atoms with van der Waals surface area (Å²) in [6.07, 6.45) is -3.26. The first-order valence-electron chi connectivity index (χ1n) is 7.47. The lowest BCUT2D eigenvalue weighted by molar-refractivity contribution is -0.143. The number of aliphatic hydroxyl groups is 5. The second-order valence-corrected chi connectivity index (χ2v) is 5.14. The van der Waals surface area contributed by atoms with Crippen LogP contribution in [0.15, 0.2) is 4.99 Å². The molecule has 0 aromatic carbocycles. The number of hydrogen-bond acceptors (Lipinski definition) is 9. The van der Waals surface area contributed by atoms with Gasteiger partial charge in [0.2, 0.25) is 0 Å². The van der Waals surface area contributed by atoms with Gasteiger partial charge in [-0.05, 0) is 26.3 Å². The third-order valence-corrected chi connectivity index (χ3v) is 3.40. The van der Waals surface area contributed by atoms with E-state index in [2.05, 4.69) is 15.0 Å². The zero-order chi connectivity index (χ0) is 17.8. The van der Waals surface area contributed by atoms with Crippen molar-refractivity contribution in [3.63, 3.8) is 0 Å². The van der Waals surface area contributed by atoms with Gasteiger partial charge in [0.15, 0.2) is 0 Å². The van der Waals surface area contributed by atoms with Crippen LogP contribution in [0.4, 0.5) is 0 Å². The largest absolute Gasteiger partial charge is 0.468 e. The van der Waals surface area contributed by atoms with E-state index in [1.165, 1.54) is 7.11 Å². The third kappa shape index (κ3) is 8.35. The molecule has 9 heteroatoms. The molecular weight excluding hydrogens is 308 g/mol. The maximum Gasteiger partial charge on any atom is 0.322 e. The smallest absolute Gasteiger partial charge is 0.322 e. The molecule has 0 saturated heterocycles. The van der Waals surface area contributed by atoms with Crippen molar-refractivity contribution in [2.75, 3.05) is 27.3 Å². The highest BCUT2D eigenvalue weighted by Gasteiger charge is 2.28. The Labute approximate surface area is 135 Å². The zero-order valence-corrected chi connectivity index (χ0v) is 13.5. The van der Waals surface area contributed by atoms with Gasteiger partial charge >= 0.3 is 5.97 Å². The summed E-state index contributed by atoms with van der Waals surface area (Å²) in [6, 6.07) is -0.369. The van der Waals surface area contributed by atoms with Crippen LogP contribution in [0.2, 0.25) is 0 Å². The van der Waals surface area contributed by atoms with E-state index < -0.39 is 31.0 Å². The number of nitrogens with zero attached hydrogens (tertiary/aromatic N) is 1. The number of nitrogens with one attached hydrogen (secondary N) is 1. The first kappa shape index (κ1) is 21.9. The third-order valence-electron chi connectivity index (χ3n) is 3.40. The van der Waals surface area contributed by atoms with E-state index in [-0.39, 0.29) is 12.0 Å². The monoisotopic (exact) mass is 336 g/mol. The molecule has 0 saturated carbocycles. The number of ether oxygens (including phenoxy) is 1. The van der Waals surface area contributed by atoms with Crippen molar-refractivity contribution in [2.24, 2.45) is 4.99 Å². The number of unbranched alkanes of at least 4 members (excludes halogenated alkanes) is 1. The Morgan fingerprint density at radius 1 is 1.22 bits per heavy atom. The molecule has 0 heterocycles. The Balaban J connectivity index is 4.03. The first-order valence-corrected chi connectivity index (χ1v) is 7.47. The highest BCUT2D eigenvalue weighted by molar-refractivity contribution is 5.75. The van der Waals surface area contributed by atoms with E-state index in [1.54, 1.807) is 7.05 Å². The Kier molecular flexibility index (Phi) is 11.7. The van der Waals surface area contributed by atoms with E-state index in [0.717, 1.165) is 6.21 Å². The molecule has 0 amide bonds. The SMILES string of the molecule is CNC(CCCC/N=C/C(O)C(O)C(O)C(O)CO)C(=O)OC. The van der Waals surface area contributed by atoms with Crippen molar-refractivity contribution in [3.05, 3.63) is 0 Å². The lowest BCUT2D eigenvalue weighted by atomic mass is 10.0. The van der Waals surface area contributed by atoms with Crippen molar-refractivity contribution in [3.8, 4) is 0 Å². The van der Waals surface area contributed by atoms with Gasteiger partial charge in [0.05, 0.1) is 13.7 Å². The lowest BCUT2D eigenvalue weighted by Gasteiger charge is -2.23. The molecule has 0 radical (unpaired) electrons. The topological polar surface area (TPSA) is 152 Å². The van der Waals surface area contributed by atoms with Crippen LogP contribution < -0.4 is 5.32 Å². The van der Waals surface area contributed by atoms with E-state index >= 15 is 0 Å². The van der Waals surface area contributed by atoms with Gasteiger partial charge in [-0.1, -0.05) is 0 Å². The van der Waals surface area contributed by atoms with Crippen LogP contribution in [0.5, 0.6) is 0 Å². The van der Waals surface area contributed by atoms with E-state index in [9.17, 15) is 20.1 Å². The zero-order valence-electron chi connectivity index (χ0n) is 13.5. The first-order chi connectivity index (χ1) is 10.9. The van der Waals surface area contributed by atoms with Crippen LogP contribution >= 0.6 is 0 Å². The molecule has 5 atom stereocenters. The number of carbonyl (C=O) groups excluding carboxylic acids is 1. The fraction of sp³-hybridized carbons (Fsp3) is 0.857. The number of likely N-dealkylation sites (N-methyl/N-ethyl adjacent to an activating group) is 1. The van der Waals surface area contributed by atoms with Gasteiger partial charge in [0.1, 0.15) is 30.5 Å². The van der Waals surface area contributed by atoms with Gasteiger partial charge in [-0.2, -0.15) is 0 Å². The summed E-state index contributed by atoms with van der Waals surface area (Å²) < 4.78 is 4.64. The fourth-order valence-corrected chi connectivity index (χ4v) is 1.88. The summed E-state index contributed by atoms with van der Waals surface area (Å²) in [6.45, 7) is -0.352. The van der Waals surface area contributed by atoms with Crippen LogP contribution in [-0.4, -0.2) is 95.5 Å². The number of hydrogen-bond donors (Lipinski definition) is 6. The quantitative estimate of drug-likeness (QED) is 0.129. The molecule has 0 aromatic rings. The van der Waals surface area contributed by atoms with E-state index in [0.29, 0.717) is 25.8 Å². The second-order valence-electron chi connectivity index (χ2n) is 5.14. The number of aliphatic hydroxyl groups excluding tert-OH is 5. The predicted molar refractivity (Wildman–Crippen MR) is 83.2 cm³/mol. The standard InChI is InChI=1S/C14H28N2O7/c1-15-9(14(22)23-2)5-3-4-6-16-7-10(18)12(20)13(21)11(19)8-17/h7,9-13,15,17-21H,3-6,8H2,1-2H3/b16-7+. The van der Waals surface area contributed by atoms with Crippen LogP contribution in [0, 0.1) is 0 Å². The maximum absolute atomic E-state index is 11.3. The van der Waals surface area contributed by atoms with Gasteiger partial charge in [-0.15, -0.1) is 0 Å². The van der Waals surface area contributed by atoms with Gasteiger partial charge < -0.3 is 35.6 Å². The predicted octanol–water partition coefficient (Wildman–Crippen LogP) is -2.58. The number of carbonyl (C=O) groups is 1. The van der Waals surface area contributed by atoms with Crippen molar-refractivity contribution in [2.45, 2.75) is 49.7 Å². The maximum atomic E-state index is 11.3. The minimum absolute atomic E-state index is 0.328. The van der Waals surface area contributed by atoms with Gasteiger partial charge in [0, 0.05) is 12.8 Å². The van der Waals surface area contributed by atoms with E-state index in [1.807, 2.05) is 0 Å². The fourth-order valence-electron chi connectivity index (χ4n) is 1.88. The van der Waals surface area contributed by atoms with Gasteiger partial charge in [-0.25, -0.2) is 0 Å². The van der Waals surface area contributed by atoms with Crippen molar-refractivity contribution in [1.29, 1.82) is 0 Å². The molecule has 0 rings (SSSR count). The summed E-state index contributed by atoms with van der Waals surface area (Å²) in [5.74, 6) is -0.328. The Hall–Kier alpha value is -1.10. The molecule has 5 unspecified atom stereocenters. The van der Waals surface area contributed by atoms with Gasteiger partial charge in [0.25, 0.3) is 0 Å². The molecule has 0 fully saturated rings. The number of rotatable bonds is 12. The molecule has 23 heavy (non-hydrogen) atoms. The Bertz CT molecular complexity index is 354. The molecule has 0 aromatic heterocycles. The average molecular weight is 336 g/mol. The Morgan fingerprint density at radius 2 is 1.87 bits per heavy atom. The molecule has 136 valence electrons. The summed E-state index contributed by atoms with van der Waals surface area (Å²) in [5, 5.41) is 49.3. The van der Waals surface area contributed by atoms with Crippen LogP contribution in [0.1, 0.15) is 19.3 Å². The van der Waals surface area contributed by atoms with Gasteiger partial charge in [-0.3, -0.25) is 9.79 Å². The molecule has 0 aliphatic heterocycles. The minimum atomic E-state index is -1.67. The molecule has 0 bridgehead atoms. The molecule has 9 nitrogen and oxygen atoms in total. The number of methoxy groups -OCH3 is 1. The van der Waals surface area contributed by atoms with Crippen molar-refractivity contribution in [1.82, 2.24) is 5.32 Å². The Morgan fingerprint density at radius 3 is 2.39 bits per heavy atom. The van der Waals surface area contributed by atoms with Crippen molar-refractivity contribution >= 4 is 12.2 Å². The van der Waals surface area contributed by atoms with Crippen LogP contribution in [0.25, 0.3) is 0 Å². The molecule has 0 spiro atoms. The van der Waals surface area contributed by atoms with Crippen LogP contribution in [-0.2, 0) is 9.53 Å². The highest BCUT2D eigenvalue weighted by Crippen LogP contribution is 2.05. The molecular formula is C14H28N2O7. The van der Waals surface area contributed by atoms with Crippen molar-refractivity contribution < 1.29 is 35.1 Å². The summed E-state index contributed by atoms with van der Waals surface area (Å²) in [4.78, 5) is 15.3. The number of aliphatic imine (C=N–C) groups is 1. The molecule has 6 N–H and O–H groups in total. The summed E-state index contributed by atoms with van der Waals surface area (Å²) in [5.41, 5.74) is 0. The van der Waals surface area contributed by atoms with Crippen LogP contribution in [0.3, 0.4) is 0 Å². The molecule has 0 aliphatic rings. The lowest BCUT2D eigenvalue weighted by Crippen LogP contribution is -2.46. The normalized spacial score (nSPS) is 18.4. The minimum Gasteiger partial charge on any atom is -0.468 e. The summed E-state index contributed by atoms with van der Waals surface area (Å²) in [7, 11) is 3.00. The summed E-state index contributed by atoms with van der Waals surface area (Å²) >= 11 is 0. The van der Waals surface area contributed by atoms with E-state index in [4.69, 9.17) is 10.2 Å². The highest BCUT2D eigenvalue weighted by atomic mass is 16.5. The number of esters is 1.